The molecule has 0 fully saturated rings. The van der Waals surface area contributed by atoms with Crippen molar-refractivity contribution in [2.24, 2.45) is 0 Å². The average molecular weight is 331 g/mol. The minimum atomic E-state index is -4.91. The first-order valence-corrected chi connectivity index (χ1v) is 5.94. The molecule has 100 valence electrons. The predicted octanol–water partition coefficient (Wildman–Crippen LogP) is 4.15. The maximum Gasteiger partial charge on any atom is 0.417 e. The number of carbonyl (C=O) groups excluding carboxylic acids is 1. The molecule has 0 aliphatic carbocycles. The summed E-state index contributed by atoms with van der Waals surface area (Å²) >= 11 is 2.82. The van der Waals surface area contributed by atoms with Crippen LogP contribution in [0.1, 0.15) is 23.1 Å². The van der Waals surface area contributed by atoms with E-state index in [9.17, 15) is 26.7 Å². The molecule has 1 aromatic rings. The highest BCUT2D eigenvalue weighted by Crippen LogP contribution is 2.38. The standard InChI is InChI=1S/C11H8BrF5O/c12-5-7(18)4-6-2-1-3-8(10(13)14)9(6)11(15,16)17/h1-3,10H,4-5H2. The van der Waals surface area contributed by atoms with Gasteiger partial charge in [0.15, 0.2) is 0 Å². The topological polar surface area (TPSA) is 17.1 Å². The number of halogens is 6. The van der Waals surface area contributed by atoms with Gasteiger partial charge in [0.25, 0.3) is 6.43 Å². The Labute approximate surface area is 108 Å². The summed E-state index contributed by atoms with van der Waals surface area (Å²) in [5.41, 5.74) is -2.93. The van der Waals surface area contributed by atoms with Crippen LogP contribution >= 0.6 is 15.9 Å². The molecule has 0 amide bonds. The Morgan fingerprint density at radius 3 is 2.33 bits per heavy atom. The molecular formula is C11H8BrF5O. The molecule has 0 bridgehead atoms. The van der Waals surface area contributed by atoms with Crippen molar-refractivity contribution in [2.45, 2.75) is 19.0 Å². The fourth-order valence-electron chi connectivity index (χ4n) is 1.55. The first-order valence-electron chi connectivity index (χ1n) is 4.82. The number of hydrogen-bond donors (Lipinski definition) is 0. The van der Waals surface area contributed by atoms with E-state index >= 15 is 0 Å². The molecule has 1 rings (SSSR count). The van der Waals surface area contributed by atoms with Gasteiger partial charge in [-0.1, -0.05) is 34.1 Å². The van der Waals surface area contributed by atoms with E-state index in [2.05, 4.69) is 15.9 Å². The summed E-state index contributed by atoms with van der Waals surface area (Å²) in [6, 6.07) is 2.85. The molecule has 0 radical (unpaired) electrons. The SMILES string of the molecule is O=C(CBr)Cc1cccc(C(F)F)c1C(F)(F)F. The molecule has 0 spiro atoms. The normalized spacial score (nSPS) is 11.9. The first-order chi connectivity index (χ1) is 8.27. The minimum absolute atomic E-state index is 0.122. The second-order valence-electron chi connectivity index (χ2n) is 3.53. The summed E-state index contributed by atoms with van der Waals surface area (Å²) in [4.78, 5) is 11.1. The van der Waals surface area contributed by atoms with Gasteiger partial charge in [-0.05, 0) is 5.56 Å². The van der Waals surface area contributed by atoms with Gasteiger partial charge in [0, 0.05) is 12.0 Å². The lowest BCUT2D eigenvalue weighted by Crippen LogP contribution is -2.16. The van der Waals surface area contributed by atoms with E-state index in [0.717, 1.165) is 18.2 Å². The third kappa shape index (κ3) is 3.51. The number of carbonyl (C=O) groups is 1. The molecule has 0 aromatic heterocycles. The summed E-state index contributed by atoms with van der Waals surface area (Å²) in [5, 5.41) is -0.122. The van der Waals surface area contributed by atoms with Gasteiger partial charge < -0.3 is 0 Å². The van der Waals surface area contributed by atoms with Crippen molar-refractivity contribution in [1.29, 1.82) is 0 Å². The number of benzene rings is 1. The van der Waals surface area contributed by atoms with Crippen LogP contribution in [0.4, 0.5) is 22.0 Å². The Kier molecular flexibility index (Phi) is 4.84. The molecule has 0 saturated heterocycles. The monoisotopic (exact) mass is 330 g/mol. The van der Waals surface area contributed by atoms with Crippen molar-refractivity contribution >= 4 is 21.7 Å². The first kappa shape index (κ1) is 15.1. The lowest BCUT2D eigenvalue weighted by atomic mass is 9.97. The van der Waals surface area contributed by atoms with E-state index in [0.29, 0.717) is 0 Å². The quantitative estimate of drug-likeness (QED) is 0.598. The van der Waals surface area contributed by atoms with Crippen LogP contribution in [0.2, 0.25) is 0 Å². The lowest BCUT2D eigenvalue weighted by molar-refractivity contribution is -0.140. The molecule has 0 heterocycles. The molecule has 0 atom stereocenters. The zero-order chi connectivity index (χ0) is 13.9. The van der Waals surface area contributed by atoms with Gasteiger partial charge in [-0.15, -0.1) is 0 Å². The summed E-state index contributed by atoms with van der Waals surface area (Å²) in [6.45, 7) is 0. The van der Waals surface area contributed by atoms with Gasteiger partial charge in [-0.3, -0.25) is 4.79 Å². The van der Waals surface area contributed by atoms with Gasteiger partial charge >= 0.3 is 6.18 Å². The Hall–Kier alpha value is -0.980. The van der Waals surface area contributed by atoms with Crippen LogP contribution in [0, 0.1) is 0 Å². The van der Waals surface area contributed by atoms with Crippen LogP contribution < -0.4 is 0 Å². The molecule has 0 saturated carbocycles. The summed E-state index contributed by atoms with van der Waals surface area (Å²) in [7, 11) is 0. The van der Waals surface area contributed by atoms with Crippen molar-refractivity contribution in [3.8, 4) is 0 Å². The van der Waals surface area contributed by atoms with Crippen molar-refractivity contribution in [2.75, 3.05) is 5.33 Å². The molecule has 0 unspecified atom stereocenters. The van der Waals surface area contributed by atoms with E-state index in [4.69, 9.17) is 0 Å². The molecule has 0 aliphatic rings. The van der Waals surface area contributed by atoms with E-state index in [1.54, 1.807) is 0 Å². The Morgan fingerprint density at radius 1 is 1.28 bits per heavy atom. The zero-order valence-electron chi connectivity index (χ0n) is 8.90. The molecule has 0 aliphatic heterocycles. The number of alkyl halides is 6. The van der Waals surface area contributed by atoms with Gasteiger partial charge in [-0.25, -0.2) is 8.78 Å². The summed E-state index contributed by atoms with van der Waals surface area (Å²) in [6.07, 6.45) is -8.67. The van der Waals surface area contributed by atoms with Crippen LogP contribution in [0.3, 0.4) is 0 Å². The number of rotatable bonds is 4. The van der Waals surface area contributed by atoms with Gasteiger partial charge in [0.05, 0.1) is 10.9 Å². The second kappa shape index (κ2) is 5.77. The summed E-state index contributed by atoms with van der Waals surface area (Å²) in [5.74, 6) is -0.507. The lowest BCUT2D eigenvalue weighted by Gasteiger charge is -2.16. The molecule has 1 aromatic carbocycles. The highest BCUT2D eigenvalue weighted by Gasteiger charge is 2.38. The Morgan fingerprint density at radius 2 is 1.89 bits per heavy atom. The summed E-state index contributed by atoms with van der Waals surface area (Å²) < 4.78 is 63.4. The molecule has 1 nitrogen and oxygen atoms in total. The fraction of sp³-hybridized carbons (Fsp3) is 0.364. The van der Waals surface area contributed by atoms with Gasteiger partial charge in [0.2, 0.25) is 0 Å². The number of ketones is 1. The van der Waals surface area contributed by atoms with Crippen LogP contribution in [-0.2, 0) is 17.4 Å². The fourth-order valence-corrected chi connectivity index (χ4v) is 1.75. The third-order valence-corrected chi connectivity index (χ3v) is 2.86. The van der Waals surface area contributed by atoms with E-state index < -0.39 is 41.5 Å². The van der Waals surface area contributed by atoms with Crippen LogP contribution in [0.15, 0.2) is 18.2 Å². The smallest absolute Gasteiger partial charge is 0.298 e. The van der Waals surface area contributed by atoms with Crippen LogP contribution in [0.5, 0.6) is 0 Å². The largest absolute Gasteiger partial charge is 0.417 e. The van der Waals surface area contributed by atoms with E-state index in [-0.39, 0.29) is 5.33 Å². The zero-order valence-corrected chi connectivity index (χ0v) is 10.5. The Bertz CT molecular complexity index is 442. The number of Topliss-reactive ketones (excluding diaryl/α,β-unsaturated/α-hetero) is 1. The van der Waals surface area contributed by atoms with Gasteiger partial charge in [0.1, 0.15) is 5.78 Å². The minimum Gasteiger partial charge on any atom is -0.298 e. The molecule has 7 heteroatoms. The predicted molar refractivity (Wildman–Crippen MR) is 58.9 cm³/mol. The van der Waals surface area contributed by atoms with Crippen molar-refractivity contribution < 1.29 is 26.7 Å². The van der Waals surface area contributed by atoms with E-state index in [1.807, 2.05) is 0 Å². The molecule has 18 heavy (non-hydrogen) atoms. The maximum absolute atomic E-state index is 12.8. The van der Waals surface area contributed by atoms with Crippen molar-refractivity contribution in [3.63, 3.8) is 0 Å². The molecular weight excluding hydrogens is 323 g/mol. The van der Waals surface area contributed by atoms with E-state index in [1.165, 1.54) is 0 Å². The van der Waals surface area contributed by atoms with Gasteiger partial charge in [-0.2, -0.15) is 13.2 Å². The third-order valence-electron chi connectivity index (χ3n) is 2.24. The highest BCUT2D eigenvalue weighted by atomic mass is 79.9. The van der Waals surface area contributed by atoms with Crippen molar-refractivity contribution in [1.82, 2.24) is 0 Å². The Balaban J connectivity index is 3.33. The van der Waals surface area contributed by atoms with Crippen LogP contribution in [0.25, 0.3) is 0 Å². The maximum atomic E-state index is 12.8. The highest BCUT2D eigenvalue weighted by molar-refractivity contribution is 9.09. The second-order valence-corrected chi connectivity index (χ2v) is 4.09. The number of hydrogen-bond acceptors (Lipinski definition) is 1. The van der Waals surface area contributed by atoms with Crippen LogP contribution in [-0.4, -0.2) is 11.1 Å². The molecule has 0 N–H and O–H groups in total. The van der Waals surface area contributed by atoms with Crippen molar-refractivity contribution in [3.05, 3.63) is 34.9 Å². The average Bonchev–Trinajstić information content (AvgIpc) is 2.26.